The van der Waals surface area contributed by atoms with Gasteiger partial charge >= 0.3 is 12.0 Å². The van der Waals surface area contributed by atoms with Crippen LogP contribution in [0.2, 0.25) is 0 Å². The van der Waals surface area contributed by atoms with E-state index in [-0.39, 0.29) is 11.7 Å². The molecule has 1 atom stereocenters. The summed E-state index contributed by atoms with van der Waals surface area (Å²) in [6.45, 7) is 10.2. The summed E-state index contributed by atoms with van der Waals surface area (Å²) < 4.78 is 11.6. The molecule has 0 bridgehead atoms. The van der Waals surface area contributed by atoms with Gasteiger partial charge in [-0.1, -0.05) is 37.3 Å². The molecule has 0 spiro atoms. The Morgan fingerprint density at radius 2 is 1.64 bits per heavy atom. The highest BCUT2D eigenvalue weighted by atomic mass is 16.5. The molecule has 1 saturated carbocycles. The maximum Gasteiger partial charge on any atom is 0.329 e. The molecule has 2 amide bonds. The number of urea groups is 1. The Labute approximate surface area is 231 Å². The standard InChI is InChI=1S/C31H42N2O6/c1-6-38-26-17-25(18-27(39-7-2)28(26)23(5)34)22(4)33(16-12-11-15-24-13-9-8-10-14-24)30(37)32-31(29(35)36)19-21(3)20-31/h8-10,13-14,17-18,21-22H,6-7,11-12,15-16,19-20H2,1-5H3,(H,32,37)(H,35,36)/t21?,22-,31?/m1/s1. The van der Waals surface area contributed by atoms with Gasteiger partial charge in [-0.05, 0) is 89.0 Å². The van der Waals surface area contributed by atoms with Crippen LogP contribution >= 0.6 is 0 Å². The fourth-order valence-electron chi connectivity index (χ4n) is 5.38. The third-order valence-electron chi connectivity index (χ3n) is 7.36. The Morgan fingerprint density at radius 3 is 2.13 bits per heavy atom. The van der Waals surface area contributed by atoms with Crippen molar-refractivity contribution in [3.8, 4) is 11.5 Å². The quantitative estimate of drug-likeness (QED) is 0.225. The number of hydrogen-bond acceptors (Lipinski definition) is 5. The molecular weight excluding hydrogens is 496 g/mol. The molecule has 0 saturated heterocycles. The number of carboxylic acids is 1. The minimum atomic E-state index is -1.25. The van der Waals surface area contributed by atoms with Gasteiger partial charge in [-0.15, -0.1) is 0 Å². The van der Waals surface area contributed by atoms with Crippen LogP contribution in [-0.4, -0.2) is 53.1 Å². The first kappa shape index (κ1) is 30.0. The molecule has 2 aromatic carbocycles. The van der Waals surface area contributed by atoms with Crippen LogP contribution in [0, 0.1) is 5.92 Å². The molecule has 3 rings (SSSR count). The predicted molar refractivity (Wildman–Crippen MR) is 151 cm³/mol. The lowest BCUT2D eigenvalue weighted by Crippen LogP contribution is -2.64. The first-order chi connectivity index (χ1) is 18.6. The maximum atomic E-state index is 13.7. The largest absolute Gasteiger partial charge is 0.493 e. The highest BCUT2D eigenvalue weighted by Crippen LogP contribution is 2.39. The SMILES string of the molecule is CCOc1cc([C@@H](C)N(CCCCc2ccccc2)C(=O)NC2(C(=O)O)CC(C)C2)cc(OCC)c1C(C)=O. The number of benzene rings is 2. The average Bonchev–Trinajstić information content (AvgIpc) is 2.87. The number of carboxylic acid groups (broad SMARTS) is 1. The molecule has 1 aliphatic rings. The second kappa shape index (κ2) is 13.5. The zero-order chi connectivity index (χ0) is 28.6. The Balaban J connectivity index is 1.90. The zero-order valence-electron chi connectivity index (χ0n) is 23.8. The lowest BCUT2D eigenvalue weighted by Gasteiger charge is -2.44. The molecule has 39 heavy (non-hydrogen) atoms. The van der Waals surface area contributed by atoms with E-state index in [1.54, 1.807) is 17.0 Å². The van der Waals surface area contributed by atoms with Crippen LogP contribution in [0.4, 0.5) is 4.79 Å². The number of carbonyl (C=O) groups excluding carboxylic acids is 2. The number of carbonyl (C=O) groups is 3. The lowest BCUT2D eigenvalue weighted by atomic mass is 9.69. The van der Waals surface area contributed by atoms with Crippen molar-refractivity contribution in [1.82, 2.24) is 10.2 Å². The van der Waals surface area contributed by atoms with Crippen LogP contribution in [0.3, 0.4) is 0 Å². The highest BCUT2D eigenvalue weighted by molar-refractivity contribution is 5.99. The molecule has 0 aromatic heterocycles. The summed E-state index contributed by atoms with van der Waals surface area (Å²) in [6.07, 6.45) is 3.31. The van der Waals surface area contributed by atoms with Crippen molar-refractivity contribution < 1.29 is 29.0 Å². The minimum Gasteiger partial charge on any atom is -0.493 e. The Kier molecular flexibility index (Phi) is 10.4. The van der Waals surface area contributed by atoms with E-state index in [4.69, 9.17) is 9.47 Å². The Bertz CT molecular complexity index is 1120. The van der Waals surface area contributed by atoms with Crippen LogP contribution < -0.4 is 14.8 Å². The average molecular weight is 539 g/mol. The summed E-state index contributed by atoms with van der Waals surface area (Å²) in [5.41, 5.74) is 1.11. The van der Waals surface area contributed by atoms with Crippen molar-refractivity contribution in [1.29, 1.82) is 0 Å². The monoisotopic (exact) mass is 538 g/mol. The third-order valence-corrected chi connectivity index (χ3v) is 7.36. The van der Waals surface area contributed by atoms with Crippen molar-refractivity contribution >= 4 is 17.8 Å². The van der Waals surface area contributed by atoms with Gasteiger partial charge < -0.3 is 24.8 Å². The van der Waals surface area contributed by atoms with E-state index >= 15 is 0 Å². The molecule has 0 aliphatic heterocycles. The van der Waals surface area contributed by atoms with E-state index in [1.165, 1.54) is 12.5 Å². The van der Waals surface area contributed by atoms with E-state index in [9.17, 15) is 19.5 Å². The second-order valence-electron chi connectivity index (χ2n) is 10.5. The van der Waals surface area contributed by atoms with Crippen LogP contribution in [0.5, 0.6) is 11.5 Å². The van der Waals surface area contributed by atoms with Crippen molar-refractivity contribution in [2.45, 2.75) is 78.3 Å². The van der Waals surface area contributed by atoms with Crippen LogP contribution in [0.25, 0.3) is 0 Å². The number of aliphatic carboxylic acids is 1. The van der Waals surface area contributed by atoms with Crippen molar-refractivity contribution in [2.24, 2.45) is 5.92 Å². The molecule has 2 N–H and O–H groups in total. The number of Topliss-reactive ketones (excluding diaryl/α,β-unsaturated/α-hetero) is 1. The van der Waals surface area contributed by atoms with Crippen LogP contribution in [-0.2, 0) is 11.2 Å². The molecule has 1 fully saturated rings. The van der Waals surface area contributed by atoms with Crippen molar-refractivity contribution in [3.63, 3.8) is 0 Å². The second-order valence-corrected chi connectivity index (χ2v) is 10.5. The number of ketones is 1. The number of hydrogen-bond donors (Lipinski definition) is 2. The normalized spacial score (nSPS) is 18.9. The summed E-state index contributed by atoms with van der Waals surface area (Å²) >= 11 is 0. The fourth-order valence-corrected chi connectivity index (χ4v) is 5.38. The number of unbranched alkanes of at least 4 members (excludes halogenated alkanes) is 1. The van der Waals surface area contributed by atoms with Gasteiger partial charge in [-0.3, -0.25) is 4.79 Å². The highest BCUT2D eigenvalue weighted by Gasteiger charge is 2.50. The number of amides is 2. The number of nitrogens with one attached hydrogen (secondary N) is 1. The zero-order valence-corrected chi connectivity index (χ0v) is 23.8. The van der Waals surface area contributed by atoms with Gasteiger partial charge in [-0.2, -0.15) is 0 Å². The third kappa shape index (κ3) is 7.31. The van der Waals surface area contributed by atoms with Gasteiger partial charge in [0.25, 0.3) is 0 Å². The summed E-state index contributed by atoms with van der Waals surface area (Å²) in [7, 11) is 0. The summed E-state index contributed by atoms with van der Waals surface area (Å²) in [4.78, 5) is 39.9. The van der Waals surface area contributed by atoms with E-state index in [0.29, 0.717) is 49.7 Å². The number of ether oxygens (including phenoxy) is 2. The number of aryl methyl sites for hydroxylation is 1. The summed E-state index contributed by atoms with van der Waals surface area (Å²) in [5, 5.41) is 12.8. The molecule has 1 aliphatic carbocycles. The van der Waals surface area contributed by atoms with Gasteiger partial charge in [0, 0.05) is 6.54 Å². The van der Waals surface area contributed by atoms with E-state index < -0.39 is 23.6 Å². The molecule has 0 unspecified atom stereocenters. The van der Waals surface area contributed by atoms with Gasteiger partial charge in [0.2, 0.25) is 0 Å². The molecule has 0 heterocycles. The van der Waals surface area contributed by atoms with Crippen LogP contribution in [0.1, 0.15) is 87.8 Å². The van der Waals surface area contributed by atoms with Gasteiger partial charge in [0.05, 0.1) is 19.3 Å². The predicted octanol–water partition coefficient (Wildman–Crippen LogP) is 6.04. The van der Waals surface area contributed by atoms with E-state index in [1.807, 2.05) is 45.9 Å². The molecular formula is C31H42N2O6. The van der Waals surface area contributed by atoms with Gasteiger partial charge in [0.15, 0.2) is 5.78 Å². The van der Waals surface area contributed by atoms with E-state index in [0.717, 1.165) is 24.8 Å². The lowest BCUT2D eigenvalue weighted by molar-refractivity contribution is -0.150. The van der Waals surface area contributed by atoms with Crippen molar-refractivity contribution in [3.05, 3.63) is 59.2 Å². The van der Waals surface area contributed by atoms with Gasteiger partial charge in [0.1, 0.15) is 22.6 Å². The summed E-state index contributed by atoms with van der Waals surface area (Å²) in [5.74, 6) is -0.110. The molecule has 8 nitrogen and oxygen atoms in total. The maximum absolute atomic E-state index is 13.7. The van der Waals surface area contributed by atoms with Gasteiger partial charge in [-0.25, -0.2) is 9.59 Å². The minimum absolute atomic E-state index is 0.167. The van der Waals surface area contributed by atoms with E-state index in [2.05, 4.69) is 17.4 Å². The first-order valence-corrected chi connectivity index (χ1v) is 13.9. The smallest absolute Gasteiger partial charge is 0.329 e. The molecule has 0 radical (unpaired) electrons. The molecule has 2 aromatic rings. The Morgan fingerprint density at radius 1 is 1.05 bits per heavy atom. The molecule has 212 valence electrons. The van der Waals surface area contributed by atoms with Crippen LogP contribution in [0.15, 0.2) is 42.5 Å². The first-order valence-electron chi connectivity index (χ1n) is 13.9. The summed E-state index contributed by atoms with van der Waals surface area (Å²) in [6, 6.07) is 12.9. The fraction of sp³-hybridized carbons (Fsp3) is 0.516. The molecule has 8 heteroatoms. The number of nitrogens with zero attached hydrogens (tertiary/aromatic N) is 1. The topological polar surface area (TPSA) is 105 Å². The Hall–Kier alpha value is -3.55. The van der Waals surface area contributed by atoms with Crippen molar-refractivity contribution in [2.75, 3.05) is 19.8 Å². The number of rotatable bonds is 14.